The first kappa shape index (κ1) is 18.6. The van der Waals surface area contributed by atoms with Crippen molar-refractivity contribution in [2.24, 2.45) is 4.99 Å². The lowest BCUT2D eigenvalue weighted by atomic mass is 10.0. The number of likely N-dealkylation sites (tertiary alicyclic amines) is 1. The maximum absolute atomic E-state index is 14.9. The maximum Gasteiger partial charge on any atom is 0.341 e. The molecule has 0 aliphatic carbocycles. The van der Waals surface area contributed by atoms with Crippen molar-refractivity contribution >= 4 is 23.4 Å². The molecule has 9 nitrogen and oxygen atoms in total. The molecule has 3 aliphatic heterocycles. The van der Waals surface area contributed by atoms with Crippen molar-refractivity contribution in [3.8, 4) is 5.13 Å². The lowest BCUT2D eigenvalue weighted by Gasteiger charge is -2.46. The highest BCUT2D eigenvalue weighted by atomic mass is 32.1. The number of alkyl halides is 1. The molecule has 0 amide bonds. The van der Waals surface area contributed by atoms with Crippen molar-refractivity contribution in [1.29, 1.82) is 0 Å². The van der Waals surface area contributed by atoms with E-state index in [9.17, 15) is 19.1 Å². The largest absolute Gasteiger partial charge is 0.477 e. The van der Waals surface area contributed by atoms with E-state index in [4.69, 9.17) is 4.84 Å². The Hall–Kier alpha value is -2.47. The van der Waals surface area contributed by atoms with Crippen LogP contribution < -0.4 is 16.1 Å². The van der Waals surface area contributed by atoms with Gasteiger partial charge < -0.3 is 5.11 Å². The SMILES string of the molecule is O=C(O)c1cn(-c2nccs2)c2c(c1=O)=CC(F)C(N1CC(N3CCCO3)C1)N=2. The van der Waals surface area contributed by atoms with Crippen LogP contribution >= 0.6 is 11.3 Å². The number of carboxylic acid groups (broad SMARTS) is 1. The Morgan fingerprint density at radius 1 is 1.38 bits per heavy atom. The minimum atomic E-state index is -1.51. The molecule has 0 aromatic carbocycles. The molecular formula is C18H18FN5O4S. The van der Waals surface area contributed by atoms with E-state index in [0.29, 0.717) is 24.8 Å². The first-order chi connectivity index (χ1) is 14.0. The normalized spacial score (nSPS) is 25.1. The number of aromatic nitrogens is 2. The Balaban J connectivity index is 1.56. The fourth-order valence-corrected chi connectivity index (χ4v) is 4.52. The summed E-state index contributed by atoms with van der Waals surface area (Å²) in [5, 5.41) is 13.5. The van der Waals surface area contributed by atoms with Gasteiger partial charge in [0.2, 0.25) is 5.43 Å². The van der Waals surface area contributed by atoms with Crippen molar-refractivity contribution in [1.82, 2.24) is 19.5 Å². The zero-order valence-corrected chi connectivity index (χ0v) is 16.1. The first-order valence-corrected chi connectivity index (χ1v) is 10.2. The number of hydrogen-bond acceptors (Lipinski definition) is 8. The van der Waals surface area contributed by atoms with Crippen LogP contribution in [0.4, 0.5) is 4.39 Å². The van der Waals surface area contributed by atoms with E-state index >= 15 is 0 Å². The maximum atomic E-state index is 14.9. The summed E-state index contributed by atoms with van der Waals surface area (Å²) >= 11 is 1.27. The topological polar surface area (TPSA) is 100 Å². The van der Waals surface area contributed by atoms with Gasteiger partial charge in [0.1, 0.15) is 17.2 Å². The summed E-state index contributed by atoms with van der Waals surface area (Å²) < 4.78 is 16.4. The Kier molecular flexibility index (Phi) is 4.54. The smallest absolute Gasteiger partial charge is 0.341 e. The van der Waals surface area contributed by atoms with Gasteiger partial charge in [-0.15, -0.1) is 11.3 Å². The molecule has 0 spiro atoms. The van der Waals surface area contributed by atoms with Crippen molar-refractivity contribution < 1.29 is 19.1 Å². The van der Waals surface area contributed by atoms with Gasteiger partial charge in [-0.25, -0.2) is 19.2 Å². The van der Waals surface area contributed by atoms with Gasteiger partial charge in [0.15, 0.2) is 11.3 Å². The Morgan fingerprint density at radius 2 is 2.21 bits per heavy atom. The van der Waals surface area contributed by atoms with Gasteiger partial charge >= 0.3 is 5.97 Å². The highest BCUT2D eigenvalue weighted by Crippen LogP contribution is 2.24. The Bertz CT molecular complexity index is 1120. The average Bonchev–Trinajstić information content (AvgIpc) is 3.35. The molecule has 0 bridgehead atoms. The average molecular weight is 419 g/mol. The number of halogens is 1. The quantitative estimate of drug-likeness (QED) is 0.706. The van der Waals surface area contributed by atoms with Crippen LogP contribution in [0.5, 0.6) is 0 Å². The van der Waals surface area contributed by atoms with Crippen LogP contribution in [0.1, 0.15) is 16.8 Å². The molecule has 0 radical (unpaired) electrons. The minimum absolute atomic E-state index is 0.0381. The van der Waals surface area contributed by atoms with Gasteiger partial charge in [-0.05, 0) is 12.5 Å². The van der Waals surface area contributed by atoms with E-state index in [2.05, 4.69) is 9.98 Å². The molecule has 2 unspecified atom stereocenters. The summed E-state index contributed by atoms with van der Waals surface area (Å²) in [6.45, 7) is 2.82. The first-order valence-electron chi connectivity index (χ1n) is 9.29. The molecule has 2 aromatic heterocycles. The predicted molar refractivity (Wildman–Crippen MR) is 101 cm³/mol. The lowest BCUT2D eigenvalue weighted by Crippen LogP contribution is -2.64. The number of aromatic carboxylic acids is 1. The number of rotatable bonds is 4. The van der Waals surface area contributed by atoms with Gasteiger partial charge in [-0.2, -0.15) is 5.06 Å². The van der Waals surface area contributed by atoms with Crippen LogP contribution in [0.15, 0.2) is 27.6 Å². The number of hydrogen-bond donors (Lipinski definition) is 1. The third kappa shape index (κ3) is 3.10. The second kappa shape index (κ2) is 7.10. The highest BCUT2D eigenvalue weighted by Gasteiger charge is 2.41. The molecule has 3 aliphatic rings. The Labute approximate surface area is 167 Å². The van der Waals surface area contributed by atoms with E-state index in [1.54, 1.807) is 11.6 Å². The van der Waals surface area contributed by atoms with Crippen LogP contribution in [-0.4, -0.2) is 75.2 Å². The zero-order chi connectivity index (χ0) is 20.1. The van der Waals surface area contributed by atoms with Crippen molar-refractivity contribution in [3.05, 3.63) is 44.3 Å². The third-order valence-corrected chi connectivity index (χ3v) is 6.16. The van der Waals surface area contributed by atoms with Crippen LogP contribution in [0.2, 0.25) is 0 Å². The van der Waals surface area contributed by atoms with Gasteiger partial charge in [0.05, 0.1) is 17.9 Å². The van der Waals surface area contributed by atoms with E-state index in [-0.39, 0.29) is 16.7 Å². The third-order valence-electron chi connectivity index (χ3n) is 5.39. The number of carbonyl (C=O) groups is 1. The van der Waals surface area contributed by atoms with Crippen LogP contribution in [0.3, 0.4) is 0 Å². The monoisotopic (exact) mass is 419 g/mol. The van der Waals surface area contributed by atoms with Crippen molar-refractivity contribution in [2.45, 2.75) is 24.8 Å². The fourth-order valence-electron chi connectivity index (χ4n) is 3.91. The molecule has 29 heavy (non-hydrogen) atoms. The summed E-state index contributed by atoms with van der Waals surface area (Å²) in [5.74, 6) is -1.37. The summed E-state index contributed by atoms with van der Waals surface area (Å²) in [6, 6.07) is 0.205. The molecule has 152 valence electrons. The molecule has 1 N–H and O–H groups in total. The molecular weight excluding hydrogens is 401 g/mol. The second-order valence-corrected chi connectivity index (χ2v) is 8.06. The number of fused-ring (bicyclic) bond motifs is 1. The van der Waals surface area contributed by atoms with Gasteiger partial charge in [-0.3, -0.25) is 19.1 Å². The standard InChI is InChI=1S/C18H18FN5O4S/c19-13-6-11-14(25)12(17(26)27)9-23(18-20-2-5-29-18)15(11)21-16(13)22-7-10(8-22)24-3-1-4-28-24/h2,5-6,9-10,13,16H,1,3-4,7-8H2,(H,26,27). The molecule has 2 atom stereocenters. The molecule has 5 rings (SSSR count). The predicted octanol–water partition coefficient (Wildman–Crippen LogP) is -0.608. The number of carboxylic acids is 1. The van der Waals surface area contributed by atoms with E-state index in [1.165, 1.54) is 28.2 Å². The number of thiazole rings is 1. The number of pyridine rings is 1. The summed E-state index contributed by atoms with van der Waals surface area (Å²) in [7, 11) is 0. The Morgan fingerprint density at radius 3 is 2.86 bits per heavy atom. The fraction of sp³-hybridized carbons (Fsp3) is 0.444. The second-order valence-electron chi connectivity index (χ2n) is 7.19. The van der Waals surface area contributed by atoms with Crippen molar-refractivity contribution in [3.63, 3.8) is 0 Å². The van der Waals surface area contributed by atoms with Gasteiger partial charge in [-0.1, -0.05) is 0 Å². The van der Waals surface area contributed by atoms with Gasteiger partial charge in [0, 0.05) is 37.4 Å². The highest BCUT2D eigenvalue weighted by molar-refractivity contribution is 7.12. The molecule has 0 saturated carbocycles. The van der Waals surface area contributed by atoms with Crippen molar-refractivity contribution in [2.75, 3.05) is 26.2 Å². The zero-order valence-electron chi connectivity index (χ0n) is 15.3. The molecule has 2 fully saturated rings. The van der Waals surface area contributed by atoms with Crippen LogP contribution in [-0.2, 0) is 4.84 Å². The number of hydroxylamine groups is 2. The summed E-state index contributed by atoms with van der Waals surface area (Å²) in [5.41, 5.74) is -0.946. The van der Waals surface area contributed by atoms with Gasteiger partial charge in [0.25, 0.3) is 0 Å². The molecule has 11 heteroatoms. The molecule has 2 saturated heterocycles. The molecule has 2 aromatic rings. The van der Waals surface area contributed by atoms with E-state index in [0.717, 1.165) is 13.0 Å². The van der Waals surface area contributed by atoms with E-state index in [1.807, 2.05) is 9.96 Å². The van der Waals surface area contributed by atoms with Crippen LogP contribution in [0.25, 0.3) is 11.2 Å². The lowest BCUT2D eigenvalue weighted by molar-refractivity contribution is -0.180. The number of nitrogens with zero attached hydrogens (tertiary/aromatic N) is 5. The van der Waals surface area contributed by atoms with Crippen LogP contribution in [0, 0.1) is 0 Å². The minimum Gasteiger partial charge on any atom is -0.477 e. The summed E-state index contributed by atoms with van der Waals surface area (Å²) in [6.07, 6.45) is 2.68. The summed E-state index contributed by atoms with van der Waals surface area (Å²) in [4.78, 5) is 40.3. The van der Waals surface area contributed by atoms with E-state index < -0.39 is 29.3 Å². The molecule has 5 heterocycles.